The Labute approximate surface area is 135 Å². The van der Waals surface area contributed by atoms with Gasteiger partial charge < -0.3 is 19.4 Å². The first kappa shape index (κ1) is 18.1. The summed E-state index contributed by atoms with van der Waals surface area (Å²) in [4.78, 5) is 12.1. The fraction of sp³-hybridized carbons (Fsp3) is 0.467. The standard InChI is InChI=1S/C15H17F3N2O4/c1-4-10-13(9(3)24-20-10)19-12(21)7-14(22,15(16,17)18)11-6-5-8(2)23-11/h5-6,22H,4,7H2,1-3H3,(H,19,21)/t14-/m1/s1. The van der Waals surface area contributed by atoms with E-state index < -0.39 is 29.9 Å². The number of aryl methyl sites for hydroxylation is 3. The number of aromatic nitrogens is 1. The third kappa shape index (κ3) is 3.30. The number of halogens is 3. The van der Waals surface area contributed by atoms with Gasteiger partial charge in [0.15, 0.2) is 5.76 Å². The lowest BCUT2D eigenvalue weighted by Crippen LogP contribution is -2.44. The Morgan fingerprint density at radius 2 is 2.00 bits per heavy atom. The van der Waals surface area contributed by atoms with E-state index in [2.05, 4.69) is 10.5 Å². The zero-order valence-corrected chi connectivity index (χ0v) is 13.3. The molecule has 0 spiro atoms. The lowest BCUT2D eigenvalue weighted by atomic mass is 9.95. The highest BCUT2D eigenvalue weighted by molar-refractivity contribution is 5.92. The summed E-state index contributed by atoms with van der Waals surface area (Å²) in [7, 11) is 0. The van der Waals surface area contributed by atoms with Gasteiger partial charge in [-0.05, 0) is 32.4 Å². The number of amides is 1. The summed E-state index contributed by atoms with van der Waals surface area (Å²) in [6.07, 6.45) is -5.92. The molecule has 24 heavy (non-hydrogen) atoms. The Kier molecular flexibility index (Phi) is 4.75. The third-order valence-electron chi connectivity index (χ3n) is 3.57. The monoisotopic (exact) mass is 346 g/mol. The van der Waals surface area contributed by atoms with E-state index in [0.29, 0.717) is 12.1 Å². The van der Waals surface area contributed by atoms with Crippen LogP contribution in [0.15, 0.2) is 21.1 Å². The van der Waals surface area contributed by atoms with E-state index >= 15 is 0 Å². The average Bonchev–Trinajstić information content (AvgIpc) is 3.05. The molecule has 0 fully saturated rings. The van der Waals surface area contributed by atoms with Gasteiger partial charge in [-0.15, -0.1) is 0 Å². The maximum Gasteiger partial charge on any atom is 0.425 e. The Morgan fingerprint density at radius 1 is 1.33 bits per heavy atom. The van der Waals surface area contributed by atoms with Crippen molar-refractivity contribution in [2.75, 3.05) is 5.32 Å². The number of carbonyl (C=O) groups excluding carboxylic acids is 1. The van der Waals surface area contributed by atoms with Gasteiger partial charge in [-0.2, -0.15) is 13.2 Å². The molecule has 0 aliphatic rings. The summed E-state index contributed by atoms with van der Waals surface area (Å²) < 4.78 is 49.8. The van der Waals surface area contributed by atoms with Crippen LogP contribution in [-0.2, 0) is 16.8 Å². The third-order valence-corrected chi connectivity index (χ3v) is 3.57. The van der Waals surface area contributed by atoms with E-state index in [-0.39, 0.29) is 17.2 Å². The molecule has 9 heteroatoms. The van der Waals surface area contributed by atoms with Gasteiger partial charge in [0.05, 0.1) is 6.42 Å². The van der Waals surface area contributed by atoms with Gasteiger partial charge >= 0.3 is 6.18 Å². The van der Waals surface area contributed by atoms with Gasteiger partial charge in [0, 0.05) is 0 Å². The Morgan fingerprint density at radius 3 is 2.50 bits per heavy atom. The molecule has 0 saturated heterocycles. The molecule has 6 nitrogen and oxygen atoms in total. The SMILES string of the molecule is CCc1noc(C)c1NC(=O)C[C@@](O)(c1ccc(C)o1)C(F)(F)F. The summed E-state index contributed by atoms with van der Waals surface area (Å²) in [6, 6.07) is 2.28. The fourth-order valence-electron chi connectivity index (χ4n) is 2.22. The number of rotatable bonds is 5. The highest BCUT2D eigenvalue weighted by atomic mass is 19.4. The molecule has 1 atom stereocenters. The van der Waals surface area contributed by atoms with Crippen molar-refractivity contribution in [3.8, 4) is 0 Å². The second-order valence-electron chi connectivity index (χ2n) is 5.41. The normalized spacial score (nSPS) is 14.5. The maximum absolute atomic E-state index is 13.3. The predicted molar refractivity (Wildman–Crippen MR) is 77.3 cm³/mol. The molecule has 0 saturated carbocycles. The van der Waals surface area contributed by atoms with E-state index in [0.717, 1.165) is 6.07 Å². The van der Waals surface area contributed by atoms with E-state index in [1.165, 1.54) is 19.9 Å². The highest BCUT2D eigenvalue weighted by Crippen LogP contribution is 2.42. The molecule has 2 aromatic rings. The molecular formula is C15H17F3N2O4. The molecular weight excluding hydrogens is 329 g/mol. The van der Waals surface area contributed by atoms with Gasteiger partial charge in [0.25, 0.3) is 0 Å². The topological polar surface area (TPSA) is 88.5 Å². The molecule has 0 unspecified atom stereocenters. The van der Waals surface area contributed by atoms with Crippen LogP contribution in [-0.4, -0.2) is 22.3 Å². The Hall–Kier alpha value is -2.29. The van der Waals surface area contributed by atoms with Crippen molar-refractivity contribution >= 4 is 11.6 Å². The first-order valence-corrected chi connectivity index (χ1v) is 7.19. The van der Waals surface area contributed by atoms with Gasteiger partial charge in [0.2, 0.25) is 11.5 Å². The smallest absolute Gasteiger partial charge is 0.425 e. The average molecular weight is 346 g/mol. The molecule has 0 bridgehead atoms. The minimum absolute atomic E-state index is 0.191. The second-order valence-corrected chi connectivity index (χ2v) is 5.41. The van der Waals surface area contributed by atoms with Crippen LogP contribution in [0.2, 0.25) is 0 Å². The van der Waals surface area contributed by atoms with Gasteiger partial charge in [-0.3, -0.25) is 4.79 Å². The van der Waals surface area contributed by atoms with Gasteiger partial charge in [-0.25, -0.2) is 0 Å². The molecule has 2 N–H and O–H groups in total. The number of hydrogen-bond acceptors (Lipinski definition) is 5. The summed E-state index contributed by atoms with van der Waals surface area (Å²) in [5.74, 6) is -1.31. The maximum atomic E-state index is 13.3. The van der Waals surface area contributed by atoms with Crippen LogP contribution in [0.4, 0.5) is 18.9 Å². The summed E-state index contributed by atoms with van der Waals surface area (Å²) in [6.45, 7) is 4.71. The molecule has 132 valence electrons. The van der Waals surface area contributed by atoms with Crippen LogP contribution in [0.25, 0.3) is 0 Å². The zero-order valence-electron chi connectivity index (χ0n) is 13.3. The lowest BCUT2D eigenvalue weighted by Gasteiger charge is -2.27. The molecule has 0 aliphatic heterocycles. The molecule has 2 heterocycles. The number of carbonyl (C=O) groups is 1. The summed E-state index contributed by atoms with van der Waals surface area (Å²) >= 11 is 0. The molecule has 1 amide bonds. The van der Waals surface area contributed by atoms with Crippen molar-refractivity contribution in [1.29, 1.82) is 0 Å². The van der Waals surface area contributed by atoms with E-state index in [4.69, 9.17) is 8.94 Å². The lowest BCUT2D eigenvalue weighted by molar-refractivity contribution is -0.272. The van der Waals surface area contributed by atoms with Crippen molar-refractivity contribution in [2.24, 2.45) is 0 Å². The van der Waals surface area contributed by atoms with Crippen LogP contribution in [0, 0.1) is 13.8 Å². The van der Waals surface area contributed by atoms with Crippen LogP contribution in [0.5, 0.6) is 0 Å². The minimum atomic E-state index is -5.09. The molecule has 2 rings (SSSR count). The Balaban J connectivity index is 2.27. The van der Waals surface area contributed by atoms with E-state index in [1.807, 2.05) is 0 Å². The second kappa shape index (κ2) is 6.31. The van der Waals surface area contributed by atoms with Crippen LogP contribution >= 0.6 is 0 Å². The van der Waals surface area contributed by atoms with Crippen molar-refractivity contribution < 1.29 is 32.0 Å². The van der Waals surface area contributed by atoms with E-state index in [9.17, 15) is 23.1 Å². The number of aliphatic hydroxyl groups is 1. The fourth-order valence-corrected chi connectivity index (χ4v) is 2.22. The van der Waals surface area contributed by atoms with Crippen molar-refractivity contribution in [3.05, 3.63) is 35.1 Å². The number of nitrogens with zero attached hydrogens (tertiary/aromatic N) is 1. The largest absolute Gasteiger partial charge is 0.463 e. The highest BCUT2D eigenvalue weighted by Gasteiger charge is 2.58. The number of alkyl halides is 3. The van der Waals surface area contributed by atoms with Crippen molar-refractivity contribution in [2.45, 2.75) is 45.4 Å². The van der Waals surface area contributed by atoms with Crippen LogP contribution < -0.4 is 5.32 Å². The van der Waals surface area contributed by atoms with Crippen LogP contribution in [0.1, 0.15) is 36.3 Å². The number of furan rings is 1. The minimum Gasteiger partial charge on any atom is -0.463 e. The number of hydrogen-bond donors (Lipinski definition) is 2. The Bertz CT molecular complexity index is 735. The van der Waals surface area contributed by atoms with Gasteiger partial charge in [-0.1, -0.05) is 12.1 Å². The first-order chi connectivity index (χ1) is 11.1. The molecule has 0 aliphatic carbocycles. The summed E-state index contributed by atoms with van der Waals surface area (Å²) in [5.41, 5.74) is -2.81. The number of anilines is 1. The number of nitrogens with one attached hydrogen (secondary N) is 1. The quantitative estimate of drug-likeness (QED) is 0.868. The molecule has 0 aromatic carbocycles. The predicted octanol–water partition coefficient (Wildman–Crippen LogP) is 3.23. The van der Waals surface area contributed by atoms with Crippen molar-refractivity contribution in [1.82, 2.24) is 5.16 Å². The van der Waals surface area contributed by atoms with E-state index in [1.54, 1.807) is 6.92 Å². The molecule has 0 radical (unpaired) electrons. The zero-order chi connectivity index (χ0) is 18.1. The van der Waals surface area contributed by atoms with Gasteiger partial charge in [0.1, 0.15) is 22.9 Å². The van der Waals surface area contributed by atoms with Crippen LogP contribution in [0.3, 0.4) is 0 Å². The summed E-state index contributed by atoms with van der Waals surface area (Å²) in [5, 5.41) is 16.1. The van der Waals surface area contributed by atoms with Crippen molar-refractivity contribution in [3.63, 3.8) is 0 Å². The first-order valence-electron chi connectivity index (χ1n) is 7.19. The molecule has 2 aromatic heterocycles.